The number of carboxylic acid groups (broad SMARTS) is 1. The number of hydrogen-bond donors (Lipinski definition) is 3. The molecule has 8 nitrogen and oxygen atoms in total. The van der Waals surface area contributed by atoms with Gasteiger partial charge in [-0.1, -0.05) is 6.07 Å². The van der Waals surface area contributed by atoms with Gasteiger partial charge in [-0.15, -0.1) is 0 Å². The maximum atomic E-state index is 12.1. The highest BCUT2D eigenvalue weighted by Gasteiger charge is 2.28. The van der Waals surface area contributed by atoms with E-state index in [4.69, 9.17) is 4.74 Å². The van der Waals surface area contributed by atoms with Crippen LogP contribution in [0.5, 0.6) is 0 Å². The Kier molecular flexibility index (Phi) is 5.38. The molecule has 3 rings (SSSR count). The minimum absolute atomic E-state index is 0.338. The predicted molar refractivity (Wildman–Crippen MR) is 101 cm³/mol. The Balaban J connectivity index is 1.62. The van der Waals surface area contributed by atoms with Crippen molar-refractivity contribution in [3.05, 3.63) is 36.0 Å². The zero-order valence-corrected chi connectivity index (χ0v) is 15.9. The van der Waals surface area contributed by atoms with E-state index in [2.05, 4.69) is 10.4 Å². The number of piperazine rings is 1. The molecule has 1 aromatic carbocycles. The van der Waals surface area contributed by atoms with E-state index in [0.29, 0.717) is 31.7 Å². The second-order valence-corrected chi connectivity index (χ2v) is 7.68. The maximum absolute atomic E-state index is 12.1. The quantitative estimate of drug-likeness (QED) is 0.760. The van der Waals surface area contributed by atoms with Gasteiger partial charge in [-0.2, -0.15) is 0 Å². The van der Waals surface area contributed by atoms with Crippen LogP contribution in [0.25, 0.3) is 10.9 Å². The van der Waals surface area contributed by atoms with E-state index in [-0.39, 0.29) is 6.09 Å². The molecule has 1 fully saturated rings. The highest BCUT2D eigenvalue weighted by molar-refractivity contribution is 5.83. The van der Waals surface area contributed by atoms with Crippen LogP contribution >= 0.6 is 0 Å². The summed E-state index contributed by atoms with van der Waals surface area (Å²) in [5.41, 5.74) is 4.20. The number of carbonyl (C=O) groups excluding carboxylic acids is 1. The first-order chi connectivity index (χ1) is 12.7. The number of H-pyrrole nitrogens is 1. The van der Waals surface area contributed by atoms with E-state index >= 15 is 0 Å². The van der Waals surface area contributed by atoms with Gasteiger partial charge in [-0.3, -0.25) is 4.79 Å². The molecule has 27 heavy (non-hydrogen) atoms. The number of amides is 1. The van der Waals surface area contributed by atoms with Crippen molar-refractivity contribution in [1.82, 2.24) is 20.3 Å². The van der Waals surface area contributed by atoms with Crippen LogP contribution in [0.15, 0.2) is 30.5 Å². The van der Waals surface area contributed by atoms with E-state index in [1.54, 1.807) is 4.90 Å². The van der Waals surface area contributed by atoms with Crippen molar-refractivity contribution in [1.29, 1.82) is 0 Å². The average Bonchev–Trinajstić information content (AvgIpc) is 3.06. The van der Waals surface area contributed by atoms with Crippen LogP contribution in [0.1, 0.15) is 32.4 Å². The molecular formula is C19H26N4O4. The fourth-order valence-electron chi connectivity index (χ4n) is 3.05. The number of aromatic nitrogens is 1. The summed E-state index contributed by atoms with van der Waals surface area (Å²) < 4.78 is 5.39. The normalized spacial score (nSPS) is 17.1. The molecular weight excluding hydrogens is 348 g/mol. The molecule has 1 aliphatic heterocycles. The number of fused-ring (bicyclic) bond motifs is 1. The van der Waals surface area contributed by atoms with Gasteiger partial charge in [0.05, 0.1) is 0 Å². The van der Waals surface area contributed by atoms with Crippen LogP contribution in [0.3, 0.4) is 0 Å². The zero-order chi connectivity index (χ0) is 19.6. The molecule has 2 heterocycles. The lowest BCUT2D eigenvalue weighted by Crippen LogP contribution is -2.55. The molecule has 0 radical (unpaired) electrons. The Morgan fingerprint density at radius 2 is 1.89 bits per heavy atom. The minimum Gasteiger partial charge on any atom is -0.480 e. The van der Waals surface area contributed by atoms with Gasteiger partial charge < -0.3 is 19.7 Å². The first kappa shape index (κ1) is 19.2. The fraction of sp³-hybridized carbons (Fsp3) is 0.474. The Labute approximate surface area is 158 Å². The van der Waals surface area contributed by atoms with Crippen molar-refractivity contribution in [3.8, 4) is 0 Å². The molecule has 146 valence electrons. The van der Waals surface area contributed by atoms with Gasteiger partial charge in [0.25, 0.3) is 0 Å². The molecule has 1 amide bonds. The summed E-state index contributed by atoms with van der Waals surface area (Å²) in [6.45, 7) is 7.51. The maximum Gasteiger partial charge on any atom is 0.410 e. The van der Waals surface area contributed by atoms with Crippen molar-refractivity contribution < 1.29 is 19.4 Å². The number of aliphatic carboxylic acids is 1. The molecule has 8 heteroatoms. The van der Waals surface area contributed by atoms with Crippen LogP contribution in [0.2, 0.25) is 0 Å². The lowest BCUT2D eigenvalue weighted by Gasteiger charge is -2.36. The van der Waals surface area contributed by atoms with E-state index in [9.17, 15) is 14.7 Å². The summed E-state index contributed by atoms with van der Waals surface area (Å²) in [6.07, 6.45) is 1.49. The summed E-state index contributed by atoms with van der Waals surface area (Å²) in [6, 6.07) is 6.62. The Bertz CT molecular complexity index is 818. The Hall–Kier alpha value is -2.58. The van der Waals surface area contributed by atoms with Crippen LogP contribution < -0.4 is 5.43 Å². The number of rotatable bonds is 4. The lowest BCUT2D eigenvalue weighted by atomic mass is 10.1. The number of carbonyl (C=O) groups is 2. The number of benzene rings is 1. The molecule has 0 saturated carbocycles. The van der Waals surface area contributed by atoms with Crippen molar-refractivity contribution in [2.24, 2.45) is 0 Å². The summed E-state index contributed by atoms with van der Waals surface area (Å²) in [5.74, 6) is -0.945. The van der Waals surface area contributed by atoms with Crippen LogP contribution in [0, 0.1) is 0 Å². The van der Waals surface area contributed by atoms with Gasteiger partial charge in [0.1, 0.15) is 11.6 Å². The first-order valence-electron chi connectivity index (χ1n) is 9.02. The smallest absolute Gasteiger partial charge is 0.410 e. The third-order valence-corrected chi connectivity index (χ3v) is 4.40. The number of nitrogens with one attached hydrogen (secondary N) is 2. The second kappa shape index (κ2) is 7.58. The monoisotopic (exact) mass is 374 g/mol. The van der Waals surface area contributed by atoms with E-state index < -0.39 is 17.6 Å². The molecule has 1 saturated heterocycles. The number of aromatic amines is 1. The topological polar surface area (TPSA) is 97.9 Å². The van der Waals surface area contributed by atoms with Gasteiger partial charge in [0.2, 0.25) is 0 Å². The van der Waals surface area contributed by atoms with E-state index in [0.717, 1.165) is 10.9 Å². The van der Waals surface area contributed by atoms with Crippen molar-refractivity contribution in [2.45, 2.75) is 32.4 Å². The number of ether oxygens (including phenoxy) is 1. The van der Waals surface area contributed by atoms with E-state index in [1.807, 2.05) is 56.2 Å². The highest BCUT2D eigenvalue weighted by atomic mass is 16.6. The number of carboxylic acids is 1. The third kappa shape index (κ3) is 4.78. The fourth-order valence-corrected chi connectivity index (χ4v) is 3.05. The molecule has 1 aliphatic rings. The second-order valence-electron chi connectivity index (χ2n) is 7.68. The van der Waals surface area contributed by atoms with Gasteiger partial charge >= 0.3 is 12.1 Å². The molecule has 0 aliphatic carbocycles. The highest BCUT2D eigenvalue weighted by Crippen LogP contribution is 2.21. The van der Waals surface area contributed by atoms with Crippen molar-refractivity contribution in [2.75, 3.05) is 26.2 Å². The Morgan fingerprint density at radius 3 is 2.52 bits per heavy atom. The number of hydrogen-bond acceptors (Lipinski definition) is 5. The van der Waals surface area contributed by atoms with Crippen LogP contribution in [-0.2, 0) is 9.53 Å². The number of hydrazine groups is 1. The van der Waals surface area contributed by atoms with E-state index in [1.165, 1.54) is 0 Å². The minimum atomic E-state index is -0.945. The zero-order valence-electron chi connectivity index (χ0n) is 15.9. The molecule has 1 unspecified atom stereocenters. The van der Waals surface area contributed by atoms with Crippen LogP contribution in [-0.4, -0.2) is 63.8 Å². The number of nitrogens with zero attached hydrogens (tertiary/aromatic N) is 2. The van der Waals surface area contributed by atoms with Gasteiger partial charge in [-0.25, -0.2) is 15.2 Å². The third-order valence-electron chi connectivity index (χ3n) is 4.40. The molecule has 2 aromatic rings. The summed E-state index contributed by atoms with van der Waals surface area (Å²) in [5, 5.41) is 12.5. The average molecular weight is 374 g/mol. The first-order valence-corrected chi connectivity index (χ1v) is 9.02. The SMILES string of the molecule is CC(C)(C)OC(=O)N1CCN(NC(C(=O)O)c2ccc3[nH]ccc3c2)CC1. The van der Waals surface area contributed by atoms with Gasteiger partial charge in [0.15, 0.2) is 0 Å². The predicted octanol–water partition coefficient (Wildman–Crippen LogP) is 2.35. The van der Waals surface area contributed by atoms with Crippen molar-refractivity contribution in [3.63, 3.8) is 0 Å². The molecule has 1 atom stereocenters. The molecule has 0 spiro atoms. The molecule has 1 aromatic heterocycles. The summed E-state index contributed by atoms with van der Waals surface area (Å²) >= 11 is 0. The lowest BCUT2D eigenvalue weighted by molar-refractivity contribution is -0.141. The van der Waals surface area contributed by atoms with Gasteiger partial charge in [-0.05, 0) is 49.9 Å². The standard InChI is InChI=1S/C19H26N4O4/c1-19(2,3)27-18(26)22-8-10-23(11-9-22)21-16(17(24)25)14-4-5-15-13(12-14)6-7-20-15/h4-7,12,16,20-21H,8-11H2,1-3H3,(H,24,25). The molecule has 3 N–H and O–H groups in total. The molecule has 0 bridgehead atoms. The van der Waals surface area contributed by atoms with Crippen LogP contribution in [0.4, 0.5) is 4.79 Å². The largest absolute Gasteiger partial charge is 0.480 e. The summed E-state index contributed by atoms with van der Waals surface area (Å²) in [4.78, 5) is 28.7. The van der Waals surface area contributed by atoms with Crippen molar-refractivity contribution >= 4 is 23.0 Å². The Morgan fingerprint density at radius 1 is 1.19 bits per heavy atom. The summed E-state index contributed by atoms with van der Waals surface area (Å²) in [7, 11) is 0. The van der Waals surface area contributed by atoms with Gasteiger partial charge in [0, 0.05) is 37.9 Å².